The number of carbonyl (C=O) groups excluding carboxylic acids is 2. The molecule has 6 heteroatoms. The van der Waals surface area contributed by atoms with Crippen LogP contribution in [0, 0.1) is 5.82 Å². The second kappa shape index (κ2) is 7.35. The molecule has 0 atom stereocenters. The Morgan fingerprint density at radius 3 is 2.63 bits per heavy atom. The highest BCUT2D eigenvalue weighted by atomic mass is 19.1. The fourth-order valence-electron chi connectivity index (χ4n) is 1.40. The minimum Gasteiger partial charge on any atom is -0.494 e. The second-order valence-corrected chi connectivity index (χ2v) is 3.88. The van der Waals surface area contributed by atoms with E-state index in [-0.39, 0.29) is 23.8 Å². The molecule has 0 aromatic heterocycles. The van der Waals surface area contributed by atoms with Gasteiger partial charge in [0.2, 0.25) is 5.91 Å². The minimum absolute atomic E-state index is 0.0669. The summed E-state index contributed by atoms with van der Waals surface area (Å²) in [5.74, 6) is -1.33. The molecule has 0 spiro atoms. The number of benzene rings is 1. The normalized spacial score (nSPS) is 9.84. The van der Waals surface area contributed by atoms with Crippen LogP contribution in [-0.2, 0) is 4.79 Å². The molecule has 0 fully saturated rings. The fraction of sp³-hybridized carbons (Fsp3) is 0.385. The lowest BCUT2D eigenvalue weighted by Gasteiger charge is -2.07. The first-order valence-electron chi connectivity index (χ1n) is 5.97. The summed E-state index contributed by atoms with van der Waals surface area (Å²) in [6.07, 6.45) is 0.823. The number of nitrogens with one attached hydrogen (secondary N) is 2. The SMILES string of the molecule is CCCNC(=O)CNC(=O)c1ccc(OC)c(F)c1. The quantitative estimate of drug-likeness (QED) is 0.811. The van der Waals surface area contributed by atoms with Gasteiger partial charge in [0.05, 0.1) is 13.7 Å². The van der Waals surface area contributed by atoms with Gasteiger partial charge in [0.1, 0.15) is 0 Å². The summed E-state index contributed by atoms with van der Waals surface area (Å²) < 4.78 is 18.1. The van der Waals surface area contributed by atoms with Crippen molar-refractivity contribution in [2.24, 2.45) is 0 Å². The molecule has 19 heavy (non-hydrogen) atoms. The van der Waals surface area contributed by atoms with E-state index >= 15 is 0 Å². The van der Waals surface area contributed by atoms with Crippen LogP contribution < -0.4 is 15.4 Å². The lowest BCUT2D eigenvalue weighted by Crippen LogP contribution is -2.37. The molecule has 0 aliphatic heterocycles. The number of hydrogen-bond acceptors (Lipinski definition) is 3. The number of carbonyl (C=O) groups is 2. The smallest absolute Gasteiger partial charge is 0.251 e. The minimum atomic E-state index is -0.620. The molecule has 2 amide bonds. The first kappa shape index (κ1) is 14.9. The largest absolute Gasteiger partial charge is 0.494 e. The maximum absolute atomic E-state index is 13.4. The van der Waals surface area contributed by atoms with Gasteiger partial charge in [-0.25, -0.2) is 4.39 Å². The number of rotatable bonds is 6. The van der Waals surface area contributed by atoms with Gasteiger partial charge in [-0.2, -0.15) is 0 Å². The average Bonchev–Trinajstić information content (AvgIpc) is 2.42. The van der Waals surface area contributed by atoms with Gasteiger partial charge in [-0.15, -0.1) is 0 Å². The number of amides is 2. The van der Waals surface area contributed by atoms with Crippen LogP contribution in [0.2, 0.25) is 0 Å². The molecule has 0 bridgehead atoms. The molecule has 2 N–H and O–H groups in total. The summed E-state index contributed by atoms with van der Waals surface area (Å²) in [7, 11) is 1.34. The summed E-state index contributed by atoms with van der Waals surface area (Å²) in [6, 6.07) is 3.86. The highest BCUT2D eigenvalue weighted by molar-refractivity contribution is 5.96. The maximum atomic E-state index is 13.4. The molecule has 0 radical (unpaired) electrons. The molecule has 0 aliphatic carbocycles. The van der Waals surface area contributed by atoms with Gasteiger partial charge in [-0.05, 0) is 24.6 Å². The monoisotopic (exact) mass is 268 g/mol. The van der Waals surface area contributed by atoms with Crippen molar-refractivity contribution in [3.63, 3.8) is 0 Å². The Balaban J connectivity index is 2.54. The first-order valence-corrected chi connectivity index (χ1v) is 5.97. The summed E-state index contributed by atoms with van der Waals surface area (Å²) in [5, 5.41) is 5.03. The van der Waals surface area contributed by atoms with Crippen molar-refractivity contribution < 1.29 is 18.7 Å². The van der Waals surface area contributed by atoms with Crippen LogP contribution in [0.3, 0.4) is 0 Å². The van der Waals surface area contributed by atoms with Gasteiger partial charge in [-0.1, -0.05) is 6.92 Å². The zero-order valence-corrected chi connectivity index (χ0v) is 11.0. The van der Waals surface area contributed by atoms with E-state index in [2.05, 4.69) is 10.6 Å². The van der Waals surface area contributed by atoms with Crippen LogP contribution in [0.5, 0.6) is 5.75 Å². The van der Waals surface area contributed by atoms with E-state index in [9.17, 15) is 14.0 Å². The van der Waals surface area contributed by atoms with E-state index in [0.717, 1.165) is 12.5 Å². The third-order valence-corrected chi connectivity index (χ3v) is 2.40. The van der Waals surface area contributed by atoms with Gasteiger partial charge in [0, 0.05) is 12.1 Å². The standard InChI is InChI=1S/C13H17FN2O3/c1-3-6-15-12(17)8-16-13(18)9-4-5-11(19-2)10(14)7-9/h4-5,7H,3,6,8H2,1-2H3,(H,15,17)(H,16,18). The molecular weight excluding hydrogens is 251 g/mol. The average molecular weight is 268 g/mol. The lowest BCUT2D eigenvalue weighted by molar-refractivity contribution is -0.120. The van der Waals surface area contributed by atoms with Crippen molar-refractivity contribution in [1.82, 2.24) is 10.6 Å². The van der Waals surface area contributed by atoms with E-state index < -0.39 is 11.7 Å². The van der Waals surface area contributed by atoms with Crippen LogP contribution in [0.4, 0.5) is 4.39 Å². The van der Waals surface area contributed by atoms with Crippen LogP contribution in [0.1, 0.15) is 23.7 Å². The molecule has 0 saturated carbocycles. The van der Waals surface area contributed by atoms with Gasteiger partial charge in [0.15, 0.2) is 11.6 Å². The lowest BCUT2D eigenvalue weighted by atomic mass is 10.2. The Morgan fingerprint density at radius 1 is 1.32 bits per heavy atom. The van der Waals surface area contributed by atoms with Crippen molar-refractivity contribution in [1.29, 1.82) is 0 Å². The number of hydrogen-bond donors (Lipinski definition) is 2. The molecule has 0 saturated heterocycles. The zero-order valence-electron chi connectivity index (χ0n) is 11.0. The zero-order chi connectivity index (χ0) is 14.3. The highest BCUT2D eigenvalue weighted by Crippen LogP contribution is 2.17. The van der Waals surface area contributed by atoms with Crippen molar-refractivity contribution in [3.05, 3.63) is 29.6 Å². The first-order chi connectivity index (χ1) is 9.08. The molecule has 5 nitrogen and oxygen atoms in total. The summed E-state index contributed by atoms with van der Waals surface area (Å²) in [5.41, 5.74) is 0.140. The van der Waals surface area contributed by atoms with Crippen molar-refractivity contribution in [2.45, 2.75) is 13.3 Å². The van der Waals surface area contributed by atoms with E-state index in [1.807, 2.05) is 6.92 Å². The molecular formula is C13H17FN2O3. The third kappa shape index (κ3) is 4.57. The molecule has 1 aromatic carbocycles. The van der Waals surface area contributed by atoms with Gasteiger partial charge in [0.25, 0.3) is 5.91 Å². The Labute approximate surface area is 111 Å². The number of methoxy groups -OCH3 is 1. The van der Waals surface area contributed by atoms with Crippen molar-refractivity contribution >= 4 is 11.8 Å². The predicted molar refractivity (Wildman–Crippen MR) is 68.6 cm³/mol. The van der Waals surface area contributed by atoms with E-state index in [1.165, 1.54) is 19.2 Å². The Bertz CT molecular complexity index is 463. The molecule has 104 valence electrons. The summed E-state index contributed by atoms with van der Waals surface area (Å²) in [4.78, 5) is 23.0. The molecule has 1 aromatic rings. The van der Waals surface area contributed by atoms with Gasteiger partial charge < -0.3 is 15.4 Å². The Kier molecular flexibility index (Phi) is 5.78. The van der Waals surface area contributed by atoms with Crippen LogP contribution in [-0.4, -0.2) is 32.0 Å². The van der Waals surface area contributed by atoms with E-state index in [4.69, 9.17) is 4.74 Å². The second-order valence-electron chi connectivity index (χ2n) is 3.88. The topological polar surface area (TPSA) is 67.4 Å². The summed E-state index contributed by atoms with van der Waals surface area (Å²) >= 11 is 0. The van der Waals surface area contributed by atoms with Crippen LogP contribution in [0.15, 0.2) is 18.2 Å². The summed E-state index contributed by atoms with van der Waals surface area (Å²) in [6.45, 7) is 2.36. The maximum Gasteiger partial charge on any atom is 0.251 e. The van der Waals surface area contributed by atoms with Crippen molar-refractivity contribution in [3.8, 4) is 5.75 Å². The Morgan fingerprint density at radius 2 is 2.05 bits per heavy atom. The number of ether oxygens (including phenoxy) is 1. The van der Waals surface area contributed by atoms with Gasteiger partial charge >= 0.3 is 0 Å². The van der Waals surface area contributed by atoms with E-state index in [0.29, 0.717) is 6.54 Å². The van der Waals surface area contributed by atoms with Gasteiger partial charge in [-0.3, -0.25) is 9.59 Å². The predicted octanol–water partition coefficient (Wildman–Crippen LogP) is 1.09. The van der Waals surface area contributed by atoms with Crippen LogP contribution >= 0.6 is 0 Å². The number of halogens is 1. The fourth-order valence-corrected chi connectivity index (χ4v) is 1.40. The molecule has 0 aliphatic rings. The Hall–Kier alpha value is -2.11. The van der Waals surface area contributed by atoms with Crippen molar-refractivity contribution in [2.75, 3.05) is 20.2 Å². The van der Waals surface area contributed by atoms with E-state index in [1.54, 1.807) is 0 Å². The van der Waals surface area contributed by atoms with Crippen LogP contribution in [0.25, 0.3) is 0 Å². The highest BCUT2D eigenvalue weighted by Gasteiger charge is 2.11. The third-order valence-electron chi connectivity index (χ3n) is 2.40. The molecule has 0 unspecified atom stereocenters. The molecule has 1 rings (SSSR count). The molecule has 0 heterocycles.